The predicted octanol–water partition coefficient (Wildman–Crippen LogP) is 3.72. The van der Waals surface area contributed by atoms with Crippen molar-refractivity contribution in [3.63, 3.8) is 0 Å². The molecule has 23 heavy (non-hydrogen) atoms. The summed E-state index contributed by atoms with van der Waals surface area (Å²) in [5.41, 5.74) is 2.28. The van der Waals surface area contributed by atoms with Crippen molar-refractivity contribution in [2.45, 2.75) is 45.8 Å². The van der Waals surface area contributed by atoms with E-state index in [9.17, 15) is 4.79 Å². The van der Waals surface area contributed by atoms with E-state index in [0.29, 0.717) is 19.4 Å². The van der Waals surface area contributed by atoms with E-state index in [2.05, 4.69) is 16.4 Å². The minimum absolute atomic E-state index is 0.404. The summed E-state index contributed by atoms with van der Waals surface area (Å²) in [6, 6.07) is 11.9. The van der Waals surface area contributed by atoms with Gasteiger partial charge < -0.3 is 10.1 Å². The molecule has 0 aliphatic rings. The summed E-state index contributed by atoms with van der Waals surface area (Å²) in [6.45, 7) is 5.90. The molecule has 1 heterocycles. The Bertz CT molecular complexity index is 742. The van der Waals surface area contributed by atoms with Gasteiger partial charge in [-0.15, -0.1) is 0 Å². The topological polar surface area (TPSA) is 75.0 Å². The van der Waals surface area contributed by atoms with Crippen molar-refractivity contribution in [3.05, 3.63) is 41.6 Å². The maximum Gasteiger partial charge on any atom is 0.407 e. The number of carbonyl (C=O) groups excluding carboxylic acids is 1. The fourth-order valence-corrected chi connectivity index (χ4v) is 2.14. The fraction of sp³-hybridized carbons (Fsp3) is 0.389. The van der Waals surface area contributed by atoms with Gasteiger partial charge in [-0.3, -0.25) is 4.98 Å². The highest BCUT2D eigenvalue weighted by Gasteiger charge is 2.15. The molecule has 0 aliphatic carbocycles. The normalized spacial score (nSPS) is 11.0. The fourth-order valence-electron chi connectivity index (χ4n) is 2.14. The van der Waals surface area contributed by atoms with E-state index in [-0.39, 0.29) is 0 Å². The second kappa shape index (κ2) is 7.10. The molecule has 5 heteroatoms. The number of amides is 1. The number of nitriles is 1. The second-order valence-electron chi connectivity index (χ2n) is 6.34. The van der Waals surface area contributed by atoms with Crippen molar-refractivity contribution in [1.29, 1.82) is 5.26 Å². The van der Waals surface area contributed by atoms with E-state index in [0.717, 1.165) is 22.2 Å². The van der Waals surface area contributed by atoms with Gasteiger partial charge in [-0.05, 0) is 44.5 Å². The van der Waals surface area contributed by atoms with Crippen molar-refractivity contribution in [1.82, 2.24) is 10.3 Å². The van der Waals surface area contributed by atoms with Gasteiger partial charge in [0.15, 0.2) is 0 Å². The number of aromatic nitrogens is 1. The van der Waals surface area contributed by atoms with Gasteiger partial charge in [0, 0.05) is 30.5 Å². The van der Waals surface area contributed by atoms with Gasteiger partial charge in [-0.2, -0.15) is 5.26 Å². The SMILES string of the molecule is CC(C)(C)OC(=O)NCc1ccc2nc(CCC#N)ccc2c1. The monoisotopic (exact) mass is 311 g/mol. The highest BCUT2D eigenvalue weighted by molar-refractivity contribution is 5.79. The van der Waals surface area contributed by atoms with Crippen LogP contribution in [0.3, 0.4) is 0 Å². The smallest absolute Gasteiger partial charge is 0.407 e. The van der Waals surface area contributed by atoms with E-state index in [1.165, 1.54) is 0 Å². The third kappa shape index (κ3) is 5.26. The van der Waals surface area contributed by atoms with Gasteiger partial charge in [-0.1, -0.05) is 12.1 Å². The first-order valence-corrected chi connectivity index (χ1v) is 7.60. The van der Waals surface area contributed by atoms with E-state index in [4.69, 9.17) is 10.00 Å². The van der Waals surface area contributed by atoms with E-state index in [1.807, 2.05) is 51.1 Å². The van der Waals surface area contributed by atoms with Crippen LogP contribution in [0, 0.1) is 11.3 Å². The van der Waals surface area contributed by atoms with E-state index < -0.39 is 11.7 Å². The zero-order valence-corrected chi connectivity index (χ0v) is 13.7. The lowest BCUT2D eigenvalue weighted by molar-refractivity contribution is 0.0523. The van der Waals surface area contributed by atoms with Crippen LogP contribution >= 0.6 is 0 Å². The molecular formula is C18H21N3O2. The molecule has 1 aromatic carbocycles. The molecule has 0 unspecified atom stereocenters. The Kier molecular flexibility index (Phi) is 5.17. The zero-order chi connectivity index (χ0) is 16.9. The molecule has 0 saturated carbocycles. The first-order chi connectivity index (χ1) is 10.9. The number of carbonyl (C=O) groups is 1. The third-order valence-electron chi connectivity index (χ3n) is 3.14. The van der Waals surface area contributed by atoms with Crippen molar-refractivity contribution >= 4 is 17.0 Å². The number of benzene rings is 1. The van der Waals surface area contributed by atoms with Crippen LogP contribution in [0.2, 0.25) is 0 Å². The van der Waals surface area contributed by atoms with Gasteiger partial charge in [0.2, 0.25) is 0 Å². The van der Waals surface area contributed by atoms with Crippen LogP contribution in [0.25, 0.3) is 10.9 Å². The van der Waals surface area contributed by atoms with Crippen molar-refractivity contribution in [2.75, 3.05) is 0 Å². The van der Waals surface area contributed by atoms with Crippen LogP contribution in [0.1, 0.15) is 38.4 Å². The summed E-state index contributed by atoms with van der Waals surface area (Å²) in [4.78, 5) is 16.2. The van der Waals surface area contributed by atoms with E-state index >= 15 is 0 Å². The van der Waals surface area contributed by atoms with Crippen LogP contribution in [-0.2, 0) is 17.7 Å². The average Bonchev–Trinajstić information content (AvgIpc) is 2.49. The zero-order valence-electron chi connectivity index (χ0n) is 13.7. The Labute approximate surface area is 136 Å². The van der Waals surface area contributed by atoms with Crippen LogP contribution < -0.4 is 5.32 Å². The number of hydrogen-bond donors (Lipinski definition) is 1. The Morgan fingerprint density at radius 3 is 2.78 bits per heavy atom. The summed E-state index contributed by atoms with van der Waals surface area (Å²) in [6.07, 6.45) is 0.702. The van der Waals surface area contributed by atoms with Crippen LogP contribution in [0.4, 0.5) is 4.79 Å². The Morgan fingerprint density at radius 2 is 2.09 bits per heavy atom. The summed E-state index contributed by atoms with van der Waals surface area (Å²) in [5.74, 6) is 0. The molecule has 0 atom stereocenters. The largest absolute Gasteiger partial charge is 0.444 e. The summed E-state index contributed by atoms with van der Waals surface area (Å²) in [5, 5.41) is 12.4. The molecule has 0 aliphatic heterocycles. The molecule has 2 aromatic rings. The Morgan fingerprint density at radius 1 is 1.30 bits per heavy atom. The Hall–Kier alpha value is -2.61. The number of nitrogens with zero attached hydrogens (tertiary/aromatic N) is 2. The number of ether oxygens (including phenoxy) is 1. The van der Waals surface area contributed by atoms with Crippen molar-refractivity contribution in [2.24, 2.45) is 0 Å². The number of rotatable bonds is 4. The van der Waals surface area contributed by atoms with Crippen LogP contribution in [0.15, 0.2) is 30.3 Å². The van der Waals surface area contributed by atoms with Crippen molar-refractivity contribution < 1.29 is 9.53 Å². The molecule has 0 radical (unpaired) electrons. The molecular weight excluding hydrogens is 290 g/mol. The molecule has 0 fully saturated rings. The minimum Gasteiger partial charge on any atom is -0.444 e. The van der Waals surface area contributed by atoms with Crippen LogP contribution in [-0.4, -0.2) is 16.7 Å². The molecule has 0 saturated heterocycles. The number of nitrogens with one attached hydrogen (secondary N) is 1. The number of fused-ring (bicyclic) bond motifs is 1. The van der Waals surface area contributed by atoms with Gasteiger partial charge >= 0.3 is 6.09 Å². The van der Waals surface area contributed by atoms with Gasteiger partial charge in [0.05, 0.1) is 11.6 Å². The molecule has 0 bridgehead atoms. The van der Waals surface area contributed by atoms with Crippen molar-refractivity contribution in [3.8, 4) is 6.07 Å². The number of hydrogen-bond acceptors (Lipinski definition) is 4. The quantitative estimate of drug-likeness (QED) is 0.934. The molecule has 1 aromatic heterocycles. The lowest BCUT2D eigenvalue weighted by Crippen LogP contribution is -2.32. The molecule has 2 rings (SSSR count). The summed E-state index contributed by atoms with van der Waals surface area (Å²) < 4.78 is 5.21. The predicted molar refractivity (Wildman–Crippen MR) is 88.8 cm³/mol. The lowest BCUT2D eigenvalue weighted by Gasteiger charge is -2.19. The van der Waals surface area contributed by atoms with E-state index in [1.54, 1.807) is 0 Å². The molecule has 120 valence electrons. The van der Waals surface area contributed by atoms with Gasteiger partial charge in [0.25, 0.3) is 0 Å². The second-order valence-corrected chi connectivity index (χ2v) is 6.34. The molecule has 1 N–H and O–H groups in total. The highest BCUT2D eigenvalue weighted by Crippen LogP contribution is 2.16. The number of aryl methyl sites for hydroxylation is 1. The lowest BCUT2D eigenvalue weighted by atomic mass is 10.1. The number of alkyl carbamates (subject to hydrolysis) is 1. The minimum atomic E-state index is -0.503. The highest BCUT2D eigenvalue weighted by atomic mass is 16.6. The average molecular weight is 311 g/mol. The maximum absolute atomic E-state index is 11.7. The molecule has 0 spiro atoms. The number of pyridine rings is 1. The first-order valence-electron chi connectivity index (χ1n) is 7.60. The van der Waals surface area contributed by atoms with Crippen LogP contribution in [0.5, 0.6) is 0 Å². The summed E-state index contributed by atoms with van der Waals surface area (Å²) in [7, 11) is 0. The maximum atomic E-state index is 11.7. The summed E-state index contributed by atoms with van der Waals surface area (Å²) >= 11 is 0. The third-order valence-corrected chi connectivity index (χ3v) is 3.14. The van der Waals surface area contributed by atoms with Gasteiger partial charge in [0.1, 0.15) is 5.60 Å². The Balaban J connectivity index is 2.03. The molecule has 5 nitrogen and oxygen atoms in total. The molecule has 1 amide bonds. The first kappa shape index (κ1) is 16.8. The van der Waals surface area contributed by atoms with Gasteiger partial charge in [-0.25, -0.2) is 4.79 Å². The standard InChI is InChI=1S/C18H21N3O2/c1-18(2,3)23-17(22)20-12-13-6-9-16-14(11-13)7-8-15(21-16)5-4-10-19/h6-9,11H,4-5,12H2,1-3H3,(H,20,22).